The highest BCUT2D eigenvalue weighted by Crippen LogP contribution is 2.16. The first-order valence-corrected chi connectivity index (χ1v) is 7.32. The van der Waals surface area contributed by atoms with Crippen LogP contribution in [0.1, 0.15) is 37.2 Å². The van der Waals surface area contributed by atoms with Crippen molar-refractivity contribution in [1.82, 2.24) is 15.5 Å². The van der Waals surface area contributed by atoms with Gasteiger partial charge in [-0.25, -0.2) is 4.79 Å². The Morgan fingerprint density at radius 2 is 2.04 bits per heavy atom. The number of carboxylic acids is 1. The second-order valence-corrected chi connectivity index (χ2v) is 5.45. The highest BCUT2D eigenvalue weighted by molar-refractivity contribution is 6.05. The maximum atomic E-state index is 12.1. The standard InChI is InChI=1S/C16H19N3O5/c1-10(17-14(20)16(2,23-3)15(21)22)13-18-12(19-24-13)9-11-7-5-4-6-8-11/h4-8,10H,9H2,1-3H3,(H,17,20)(H,21,22). The smallest absolute Gasteiger partial charge is 0.345 e. The van der Waals surface area contributed by atoms with Crippen LogP contribution in [0.3, 0.4) is 0 Å². The van der Waals surface area contributed by atoms with Gasteiger partial charge >= 0.3 is 5.97 Å². The Labute approximate surface area is 138 Å². The van der Waals surface area contributed by atoms with Crippen LogP contribution in [-0.4, -0.2) is 39.8 Å². The van der Waals surface area contributed by atoms with Crippen LogP contribution in [0.4, 0.5) is 0 Å². The molecule has 2 unspecified atom stereocenters. The lowest BCUT2D eigenvalue weighted by Crippen LogP contribution is -2.52. The molecule has 2 aromatic rings. The molecule has 0 aliphatic heterocycles. The van der Waals surface area contributed by atoms with E-state index >= 15 is 0 Å². The molecule has 0 radical (unpaired) electrons. The number of hydrogen-bond acceptors (Lipinski definition) is 6. The van der Waals surface area contributed by atoms with Gasteiger partial charge in [-0.2, -0.15) is 4.98 Å². The lowest BCUT2D eigenvalue weighted by atomic mass is 10.1. The van der Waals surface area contributed by atoms with E-state index in [0.717, 1.165) is 12.7 Å². The number of carbonyl (C=O) groups is 2. The Hall–Kier alpha value is -2.74. The molecule has 1 aromatic heterocycles. The Bertz CT molecular complexity index is 716. The zero-order chi connectivity index (χ0) is 17.7. The second-order valence-electron chi connectivity index (χ2n) is 5.45. The molecule has 128 valence electrons. The topological polar surface area (TPSA) is 115 Å². The summed E-state index contributed by atoms with van der Waals surface area (Å²) < 4.78 is 9.95. The number of carboxylic acid groups (broad SMARTS) is 1. The minimum absolute atomic E-state index is 0.193. The predicted molar refractivity (Wildman–Crippen MR) is 83.2 cm³/mol. The highest BCUT2D eigenvalue weighted by Gasteiger charge is 2.42. The van der Waals surface area contributed by atoms with Gasteiger partial charge < -0.3 is 19.7 Å². The van der Waals surface area contributed by atoms with Crippen molar-refractivity contribution in [1.29, 1.82) is 0 Å². The predicted octanol–water partition coefficient (Wildman–Crippen LogP) is 1.33. The molecule has 1 heterocycles. The van der Waals surface area contributed by atoms with Gasteiger partial charge in [-0.3, -0.25) is 4.79 Å². The Morgan fingerprint density at radius 1 is 1.38 bits per heavy atom. The van der Waals surface area contributed by atoms with Gasteiger partial charge in [-0.15, -0.1) is 0 Å². The summed E-state index contributed by atoms with van der Waals surface area (Å²) in [6.07, 6.45) is 0.496. The van der Waals surface area contributed by atoms with Crippen LogP contribution in [0, 0.1) is 0 Å². The van der Waals surface area contributed by atoms with Gasteiger partial charge in [0.15, 0.2) is 5.82 Å². The first-order chi connectivity index (χ1) is 11.4. The Morgan fingerprint density at radius 3 is 2.62 bits per heavy atom. The van der Waals surface area contributed by atoms with Crippen LogP contribution in [0.5, 0.6) is 0 Å². The number of amides is 1. The molecular weight excluding hydrogens is 314 g/mol. The van der Waals surface area contributed by atoms with Crippen LogP contribution >= 0.6 is 0 Å². The molecule has 0 aliphatic carbocycles. The van der Waals surface area contributed by atoms with Crippen molar-refractivity contribution in [2.45, 2.75) is 31.9 Å². The van der Waals surface area contributed by atoms with Crippen LogP contribution in [-0.2, 0) is 20.7 Å². The van der Waals surface area contributed by atoms with Gasteiger partial charge in [0.25, 0.3) is 5.91 Å². The first kappa shape index (κ1) is 17.6. The number of methoxy groups -OCH3 is 1. The van der Waals surface area contributed by atoms with Crippen LogP contribution in [0.2, 0.25) is 0 Å². The largest absolute Gasteiger partial charge is 0.479 e. The molecule has 24 heavy (non-hydrogen) atoms. The summed E-state index contributed by atoms with van der Waals surface area (Å²) >= 11 is 0. The molecule has 0 aliphatic rings. The SMILES string of the molecule is COC(C)(C(=O)O)C(=O)NC(C)c1nc(Cc2ccccc2)no1. The molecule has 0 saturated carbocycles. The van der Waals surface area contributed by atoms with E-state index in [1.807, 2.05) is 30.3 Å². The lowest BCUT2D eigenvalue weighted by molar-refractivity contribution is -0.168. The summed E-state index contributed by atoms with van der Waals surface area (Å²) in [6, 6.07) is 8.98. The van der Waals surface area contributed by atoms with E-state index in [-0.39, 0.29) is 5.89 Å². The number of benzene rings is 1. The van der Waals surface area contributed by atoms with Gasteiger partial charge in [0.1, 0.15) is 6.04 Å². The van der Waals surface area contributed by atoms with Crippen LogP contribution in [0.15, 0.2) is 34.9 Å². The zero-order valence-corrected chi connectivity index (χ0v) is 13.6. The third-order valence-corrected chi connectivity index (χ3v) is 3.66. The molecule has 2 rings (SSSR count). The van der Waals surface area contributed by atoms with Gasteiger partial charge in [-0.05, 0) is 19.4 Å². The summed E-state index contributed by atoms with van der Waals surface area (Å²) in [7, 11) is 1.16. The molecular formula is C16H19N3O5. The molecule has 8 heteroatoms. The average Bonchev–Trinajstić information content (AvgIpc) is 3.03. The summed E-state index contributed by atoms with van der Waals surface area (Å²) in [6.45, 7) is 2.79. The Kier molecular flexibility index (Phi) is 5.30. The number of aliphatic carboxylic acids is 1. The Balaban J connectivity index is 2.04. The maximum Gasteiger partial charge on any atom is 0.345 e. The fourth-order valence-electron chi connectivity index (χ4n) is 1.97. The number of carbonyl (C=O) groups excluding carboxylic acids is 1. The van der Waals surface area contributed by atoms with Crippen molar-refractivity contribution in [2.75, 3.05) is 7.11 Å². The van der Waals surface area contributed by atoms with Crippen molar-refractivity contribution in [2.24, 2.45) is 0 Å². The van der Waals surface area contributed by atoms with E-state index in [1.54, 1.807) is 6.92 Å². The minimum Gasteiger partial charge on any atom is -0.479 e. The molecule has 2 atom stereocenters. The van der Waals surface area contributed by atoms with E-state index in [4.69, 9.17) is 14.4 Å². The summed E-state index contributed by atoms with van der Waals surface area (Å²) in [5.74, 6) is -1.51. The molecule has 0 spiro atoms. The maximum absolute atomic E-state index is 12.1. The van der Waals surface area contributed by atoms with Gasteiger partial charge in [0.2, 0.25) is 11.5 Å². The third-order valence-electron chi connectivity index (χ3n) is 3.66. The van der Waals surface area contributed by atoms with E-state index in [2.05, 4.69) is 15.5 Å². The van der Waals surface area contributed by atoms with E-state index < -0.39 is 23.5 Å². The molecule has 1 amide bonds. The number of rotatable bonds is 7. The summed E-state index contributed by atoms with van der Waals surface area (Å²) in [4.78, 5) is 27.5. The normalized spacial score (nSPS) is 14.6. The molecule has 8 nitrogen and oxygen atoms in total. The van der Waals surface area contributed by atoms with Crippen molar-refractivity contribution in [3.63, 3.8) is 0 Å². The van der Waals surface area contributed by atoms with Crippen LogP contribution in [0.25, 0.3) is 0 Å². The summed E-state index contributed by atoms with van der Waals surface area (Å²) in [5, 5.41) is 15.5. The number of ether oxygens (including phenoxy) is 1. The quantitative estimate of drug-likeness (QED) is 0.734. The molecule has 0 saturated heterocycles. The number of nitrogens with zero attached hydrogens (tertiary/aromatic N) is 2. The van der Waals surface area contributed by atoms with Crippen molar-refractivity contribution < 1.29 is 24.0 Å². The monoisotopic (exact) mass is 333 g/mol. The number of nitrogens with one attached hydrogen (secondary N) is 1. The van der Waals surface area contributed by atoms with Crippen molar-refractivity contribution in [3.05, 3.63) is 47.6 Å². The average molecular weight is 333 g/mol. The van der Waals surface area contributed by atoms with Crippen molar-refractivity contribution >= 4 is 11.9 Å². The summed E-state index contributed by atoms with van der Waals surface area (Å²) in [5.41, 5.74) is -0.958. The molecule has 2 N–H and O–H groups in total. The van der Waals surface area contributed by atoms with E-state index in [1.165, 1.54) is 6.92 Å². The molecule has 0 fully saturated rings. The third kappa shape index (κ3) is 3.77. The second kappa shape index (κ2) is 7.22. The van der Waals surface area contributed by atoms with E-state index in [9.17, 15) is 9.59 Å². The minimum atomic E-state index is -1.98. The van der Waals surface area contributed by atoms with E-state index in [0.29, 0.717) is 12.2 Å². The highest BCUT2D eigenvalue weighted by atomic mass is 16.5. The van der Waals surface area contributed by atoms with Gasteiger partial charge in [0.05, 0.1) is 0 Å². The molecule has 0 bridgehead atoms. The molecule has 1 aromatic carbocycles. The van der Waals surface area contributed by atoms with Crippen LogP contribution < -0.4 is 5.32 Å². The van der Waals surface area contributed by atoms with Gasteiger partial charge in [-0.1, -0.05) is 35.5 Å². The first-order valence-electron chi connectivity index (χ1n) is 7.32. The number of hydrogen-bond donors (Lipinski definition) is 2. The number of aromatic nitrogens is 2. The lowest BCUT2D eigenvalue weighted by Gasteiger charge is -2.23. The van der Waals surface area contributed by atoms with Crippen molar-refractivity contribution in [3.8, 4) is 0 Å². The van der Waals surface area contributed by atoms with Gasteiger partial charge in [0, 0.05) is 13.5 Å². The fourth-order valence-corrected chi connectivity index (χ4v) is 1.97. The fraction of sp³-hybridized carbons (Fsp3) is 0.375. The zero-order valence-electron chi connectivity index (χ0n) is 13.6.